The second-order valence-electron chi connectivity index (χ2n) is 6.63. The summed E-state index contributed by atoms with van der Waals surface area (Å²) in [6.45, 7) is -0.107. The number of halogens is 1. The Bertz CT molecular complexity index is 490. The summed E-state index contributed by atoms with van der Waals surface area (Å²) < 4.78 is 11.3. The Balaban J connectivity index is 2.19. The minimum absolute atomic E-state index is 0.0432. The van der Waals surface area contributed by atoms with E-state index in [0.717, 1.165) is 0 Å². The predicted octanol–water partition coefficient (Wildman–Crippen LogP) is -4.56. The lowest BCUT2D eigenvalue weighted by Gasteiger charge is -2.46. The van der Waals surface area contributed by atoms with Crippen LogP contribution in [0.3, 0.4) is 0 Å². The van der Waals surface area contributed by atoms with Crippen LogP contribution in [-0.2, 0) is 14.3 Å². The van der Waals surface area contributed by atoms with Gasteiger partial charge in [-0.1, -0.05) is 15.9 Å². The van der Waals surface area contributed by atoms with E-state index in [2.05, 4.69) is 21.2 Å². The number of amides is 1. The SMILES string of the molecule is NC[C@@H]1O[C@@H](OC2C(N)CC(N)C(O)C2O)[C@@H](NC(=O)CBr)[C@H](O)[C@H]1O. The monoisotopic (exact) mass is 442 g/mol. The second kappa shape index (κ2) is 9.19. The van der Waals surface area contributed by atoms with E-state index in [1.54, 1.807) is 0 Å². The van der Waals surface area contributed by atoms with E-state index in [-0.39, 0.29) is 18.3 Å². The van der Waals surface area contributed by atoms with Crippen LogP contribution in [-0.4, -0.2) is 99.2 Å². The third kappa shape index (κ3) is 4.52. The lowest BCUT2D eigenvalue weighted by molar-refractivity contribution is -0.291. The van der Waals surface area contributed by atoms with Gasteiger partial charge < -0.3 is 52.4 Å². The van der Waals surface area contributed by atoms with Crippen LogP contribution in [0.25, 0.3) is 0 Å². The largest absolute Gasteiger partial charge is 0.389 e. The summed E-state index contributed by atoms with van der Waals surface area (Å²) in [4.78, 5) is 11.7. The van der Waals surface area contributed by atoms with Crippen LogP contribution in [0.2, 0.25) is 0 Å². The zero-order valence-electron chi connectivity index (χ0n) is 14.0. The van der Waals surface area contributed by atoms with Crippen molar-refractivity contribution in [2.75, 3.05) is 11.9 Å². The van der Waals surface area contributed by atoms with Crippen molar-refractivity contribution in [2.45, 2.75) is 67.5 Å². The highest BCUT2D eigenvalue weighted by atomic mass is 79.9. The molecule has 11 nitrogen and oxygen atoms in total. The molecule has 1 aliphatic carbocycles. The molecule has 0 radical (unpaired) electrons. The number of nitrogens with one attached hydrogen (secondary N) is 1. The third-order valence-electron chi connectivity index (χ3n) is 4.76. The van der Waals surface area contributed by atoms with Crippen LogP contribution in [0.15, 0.2) is 0 Å². The van der Waals surface area contributed by atoms with Crippen LogP contribution in [0.1, 0.15) is 6.42 Å². The topological polar surface area (TPSA) is 207 Å². The van der Waals surface area contributed by atoms with E-state index in [0.29, 0.717) is 0 Å². The summed E-state index contributed by atoms with van der Waals surface area (Å²) in [6.07, 6.45) is -8.46. The van der Waals surface area contributed by atoms with Gasteiger partial charge in [0.25, 0.3) is 0 Å². The summed E-state index contributed by atoms with van der Waals surface area (Å²) >= 11 is 2.99. The number of aliphatic hydroxyl groups is 4. The van der Waals surface area contributed by atoms with Crippen molar-refractivity contribution in [1.29, 1.82) is 0 Å². The molecule has 2 aliphatic rings. The molecule has 5 unspecified atom stereocenters. The molecule has 10 atom stereocenters. The van der Waals surface area contributed by atoms with Gasteiger partial charge in [-0.05, 0) is 6.42 Å². The minimum Gasteiger partial charge on any atom is -0.389 e. The molecule has 1 saturated heterocycles. The molecular weight excluding hydrogens is 416 g/mol. The number of carbonyl (C=O) groups is 1. The van der Waals surface area contributed by atoms with Crippen molar-refractivity contribution in [3.63, 3.8) is 0 Å². The fourth-order valence-electron chi connectivity index (χ4n) is 3.25. The Labute approximate surface area is 158 Å². The Kier molecular flexibility index (Phi) is 7.73. The molecular formula is C14H27BrN4O7. The fourth-order valence-corrected chi connectivity index (χ4v) is 3.41. The molecule has 1 amide bonds. The first-order valence-corrected chi connectivity index (χ1v) is 9.43. The molecule has 2 rings (SSSR count). The Morgan fingerprint density at radius 2 is 1.77 bits per heavy atom. The van der Waals surface area contributed by atoms with Crippen LogP contribution in [0, 0.1) is 0 Å². The zero-order chi connectivity index (χ0) is 19.6. The number of aliphatic hydroxyl groups excluding tert-OH is 4. The van der Waals surface area contributed by atoms with E-state index in [1.807, 2.05) is 0 Å². The van der Waals surface area contributed by atoms with Crippen molar-refractivity contribution >= 4 is 21.8 Å². The average Bonchev–Trinajstić information content (AvgIpc) is 2.62. The fraction of sp³-hybridized carbons (Fsp3) is 0.929. The van der Waals surface area contributed by atoms with Crippen LogP contribution in [0.5, 0.6) is 0 Å². The first-order valence-electron chi connectivity index (χ1n) is 8.31. The van der Waals surface area contributed by atoms with Gasteiger partial charge in [0.15, 0.2) is 6.29 Å². The summed E-state index contributed by atoms with van der Waals surface area (Å²) in [5, 5.41) is 43.1. The Morgan fingerprint density at radius 1 is 1.12 bits per heavy atom. The van der Waals surface area contributed by atoms with Gasteiger partial charge in [0.05, 0.1) is 11.4 Å². The third-order valence-corrected chi connectivity index (χ3v) is 5.27. The van der Waals surface area contributed by atoms with Gasteiger partial charge in [0.2, 0.25) is 5.91 Å². The molecule has 2 fully saturated rings. The predicted molar refractivity (Wildman–Crippen MR) is 92.9 cm³/mol. The molecule has 0 aromatic carbocycles. The number of hydrogen-bond acceptors (Lipinski definition) is 10. The number of hydrogen-bond donors (Lipinski definition) is 8. The second-order valence-corrected chi connectivity index (χ2v) is 7.19. The van der Waals surface area contributed by atoms with Gasteiger partial charge in [0, 0.05) is 18.6 Å². The van der Waals surface area contributed by atoms with Crippen LogP contribution >= 0.6 is 15.9 Å². The lowest BCUT2D eigenvalue weighted by Crippen LogP contribution is -2.68. The molecule has 0 aromatic rings. The number of nitrogens with two attached hydrogens (primary N) is 3. The van der Waals surface area contributed by atoms with E-state index < -0.39 is 66.9 Å². The average molecular weight is 443 g/mol. The Morgan fingerprint density at radius 3 is 2.35 bits per heavy atom. The van der Waals surface area contributed by atoms with E-state index >= 15 is 0 Å². The molecule has 12 heteroatoms. The van der Waals surface area contributed by atoms with E-state index in [4.69, 9.17) is 26.7 Å². The summed E-state index contributed by atoms with van der Waals surface area (Å²) in [5.41, 5.74) is 17.2. The van der Waals surface area contributed by atoms with E-state index in [9.17, 15) is 25.2 Å². The molecule has 26 heavy (non-hydrogen) atoms. The van der Waals surface area contributed by atoms with Gasteiger partial charge in [-0.15, -0.1) is 0 Å². The quantitative estimate of drug-likeness (QED) is 0.191. The van der Waals surface area contributed by atoms with Crippen molar-refractivity contribution in [3.05, 3.63) is 0 Å². The van der Waals surface area contributed by atoms with Gasteiger partial charge in [0.1, 0.15) is 36.6 Å². The molecule has 1 saturated carbocycles. The first-order chi connectivity index (χ1) is 12.2. The number of alkyl halides is 1. The van der Waals surface area contributed by atoms with Crippen molar-refractivity contribution < 1.29 is 34.7 Å². The van der Waals surface area contributed by atoms with Crippen molar-refractivity contribution in [2.24, 2.45) is 17.2 Å². The molecule has 1 aliphatic heterocycles. The van der Waals surface area contributed by atoms with Gasteiger partial charge in [-0.25, -0.2) is 0 Å². The highest BCUT2D eigenvalue weighted by Crippen LogP contribution is 2.27. The molecule has 0 spiro atoms. The standard InChI is InChI=1S/C14H27BrN4O7/c15-2-7(20)19-8-11(23)10(22)6(3-16)25-14(8)26-13-5(18)1-4(17)9(21)12(13)24/h4-6,8-14,21-24H,1-3,16-18H2,(H,19,20)/t4?,5?,6-,8-,9?,10-,11-,12?,13?,14-/m0/s1. The molecule has 1 heterocycles. The highest BCUT2D eigenvalue weighted by molar-refractivity contribution is 9.09. The summed E-state index contributed by atoms with van der Waals surface area (Å²) in [5.74, 6) is -0.472. The van der Waals surface area contributed by atoms with Crippen LogP contribution < -0.4 is 22.5 Å². The maximum Gasteiger partial charge on any atom is 0.231 e. The maximum atomic E-state index is 11.7. The zero-order valence-corrected chi connectivity index (χ0v) is 15.6. The normalized spacial score (nSPS) is 46.8. The van der Waals surface area contributed by atoms with Crippen LogP contribution in [0.4, 0.5) is 0 Å². The number of carbonyl (C=O) groups excluding carboxylic acids is 1. The van der Waals surface area contributed by atoms with E-state index in [1.165, 1.54) is 0 Å². The maximum absolute atomic E-state index is 11.7. The van der Waals surface area contributed by atoms with Gasteiger partial charge >= 0.3 is 0 Å². The molecule has 152 valence electrons. The number of ether oxygens (including phenoxy) is 2. The lowest BCUT2D eigenvalue weighted by atomic mass is 9.84. The van der Waals surface area contributed by atoms with Gasteiger partial charge in [-0.2, -0.15) is 0 Å². The smallest absolute Gasteiger partial charge is 0.231 e. The molecule has 0 aromatic heterocycles. The van der Waals surface area contributed by atoms with Crippen molar-refractivity contribution in [3.8, 4) is 0 Å². The molecule has 0 bridgehead atoms. The van der Waals surface area contributed by atoms with Crippen molar-refractivity contribution in [1.82, 2.24) is 5.32 Å². The minimum atomic E-state index is -1.42. The summed E-state index contributed by atoms with van der Waals surface area (Å²) in [7, 11) is 0. The molecule has 11 N–H and O–H groups in total. The first kappa shape index (κ1) is 21.9. The Hall–Kier alpha value is -0.410. The highest BCUT2D eigenvalue weighted by Gasteiger charge is 2.49. The number of rotatable bonds is 5. The summed E-state index contributed by atoms with van der Waals surface area (Å²) in [6, 6.07) is -2.55. The van der Waals surface area contributed by atoms with Gasteiger partial charge in [-0.3, -0.25) is 4.79 Å².